The molecule has 0 aromatic rings. The van der Waals surface area contributed by atoms with Gasteiger partial charge in [-0.05, 0) is 13.8 Å². The number of methoxy groups -OCH3 is 1. The zero-order chi connectivity index (χ0) is 14.8. The lowest BCUT2D eigenvalue weighted by atomic mass is 10.3. The van der Waals surface area contributed by atoms with Crippen molar-refractivity contribution in [2.24, 2.45) is 0 Å². The molecule has 0 aliphatic heterocycles. The molecule has 0 aliphatic carbocycles. The Bertz CT molecular complexity index is 316. The number of likely N-dealkylation sites (N-methyl/N-ethyl adjacent to an activating group) is 1. The molecule has 0 aliphatic rings. The molecule has 2 N–H and O–H groups in total. The van der Waals surface area contributed by atoms with Gasteiger partial charge in [0.05, 0.1) is 13.7 Å². The van der Waals surface area contributed by atoms with Crippen molar-refractivity contribution in [3.05, 3.63) is 0 Å². The summed E-state index contributed by atoms with van der Waals surface area (Å²) >= 11 is 0. The molecule has 1 unspecified atom stereocenters. The third-order valence-corrected chi connectivity index (χ3v) is 2.60. The van der Waals surface area contributed by atoms with Gasteiger partial charge in [0.15, 0.2) is 0 Å². The summed E-state index contributed by atoms with van der Waals surface area (Å²) in [5, 5.41) is 5.31. The van der Waals surface area contributed by atoms with E-state index in [1.54, 1.807) is 4.90 Å². The summed E-state index contributed by atoms with van der Waals surface area (Å²) in [6.45, 7) is 6.67. The molecule has 0 rings (SSSR count). The molecule has 0 radical (unpaired) electrons. The van der Waals surface area contributed by atoms with Gasteiger partial charge in [0.1, 0.15) is 6.04 Å². The van der Waals surface area contributed by atoms with E-state index in [1.165, 1.54) is 14.0 Å². The summed E-state index contributed by atoms with van der Waals surface area (Å²) in [4.78, 5) is 35.7. The highest BCUT2D eigenvalue weighted by atomic mass is 16.5. The maximum absolute atomic E-state index is 11.7. The second-order valence-corrected chi connectivity index (χ2v) is 3.97. The van der Waals surface area contributed by atoms with Crippen molar-refractivity contribution < 1.29 is 19.1 Å². The summed E-state index contributed by atoms with van der Waals surface area (Å²) in [7, 11) is 1.25. The quantitative estimate of drug-likeness (QED) is 0.561. The fourth-order valence-corrected chi connectivity index (χ4v) is 1.59. The van der Waals surface area contributed by atoms with Crippen LogP contribution in [0.2, 0.25) is 0 Å². The largest absolute Gasteiger partial charge is 0.467 e. The number of nitrogens with one attached hydrogen (secondary N) is 2. The topological polar surface area (TPSA) is 87.7 Å². The molecule has 0 saturated heterocycles. The van der Waals surface area contributed by atoms with Crippen LogP contribution in [0.5, 0.6) is 0 Å². The standard InChI is InChI=1S/C12H23N3O4/c1-5-15(6-2)11(17)8-13-7-10(12(18)19-4)14-9(3)16/h10,13H,5-8H2,1-4H3,(H,14,16). The van der Waals surface area contributed by atoms with E-state index in [0.29, 0.717) is 13.1 Å². The van der Waals surface area contributed by atoms with Gasteiger partial charge >= 0.3 is 5.97 Å². The third-order valence-electron chi connectivity index (χ3n) is 2.60. The lowest BCUT2D eigenvalue weighted by molar-refractivity contribution is -0.144. The summed E-state index contributed by atoms with van der Waals surface area (Å²) < 4.78 is 4.57. The van der Waals surface area contributed by atoms with Crippen LogP contribution in [0.3, 0.4) is 0 Å². The molecule has 0 heterocycles. The molecule has 0 spiro atoms. The lowest BCUT2D eigenvalue weighted by Crippen LogP contribution is -2.49. The summed E-state index contributed by atoms with van der Waals surface area (Å²) in [6.07, 6.45) is 0. The monoisotopic (exact) mass is 273 g/mol. The van der Waals surface area contributed by atoms with Crippen LogP contribution in [-0.2, 0) is 19.1 Å². The van der Waals surface area contributed by atoms with Gasteiger partial charge in [0.25, 0.3) is 0 Å². The Morgan fingerprint density at radius 1 is 1.21 bits per heavy atom. The van der Waals surface area contributed by atoms with Crippen molar-refractivity contribution in [3.8, 4) is 0 Å². The van der Waals surface area contributed by atoms with Crippen LogP contribution >= 0.6 is 0 Å². The molecule has 0 bridgehead atoms. The number of amides is 2. The first-order valence-electron chi connectivity index (χ1n) is 6.29. The van der Waals surface area contributed by atoms with Crippen LogP contribution in [0, 0.1) is 0 Å². The highest BCUT2D eigenvalue weighted by Gasteiger charge is 2.20. The molecule has 1 atom stereocenters. The Kier molecular flexibility index (Phi) is 8.52. The van der Waals surface area contributed by atoms with Gasteiger partial charge in [-0.15, -0.1) is 0 Å². The van der Waals surface area contributed by atoms with E-state index in [4.69, 9.17) is 0 Å². The van der Waals surface area contributed by atoms with Crippen molar-refractivity contribution >= 4 is 17.8 Å². The van der Waals surface area contributed by atoms with Crippen molar-refractivity contribution in [3.63, 3.8) is 0 Å². The van der Waals surface area contributed by atoms with Gasteiger partial charge in [-0.2, -0.15) is 0 Å². The first-order valence-corrected chi connectivity index (χ1v) is 6.29. The van der Waals surface area contributed by atoms with Gasteiger partial charge in [0, 0.05) is 26.6 Å². The zero-order valence-corrected chi connectivity index (χ0v) is 12.0. The van der Waals surface area contributed by atoms with Crippen molar-refractivity contribution in [1.82, 2.24) is 15.5 Å². The van der Waals surface area contributed by atoms with E-state index in [-0.39, 0.29) is 24.9 Å². The third kappa shape index (κ3) is 6.76. The van der Waals surface area contributed by atoms with E-state index in [9.17, 15) is 14.4 Å². The molecular formula is C12H23N3O4. The second-order valence-electron chi connectivity index (χ2n) is 3.97. The molecule has 0 fully saturated rings. The van der Waals surface area contributed by atoms with Crippen LogP contribution < -0.4 is 10.6 Å². The smallest absolute Gasteiger partial charge is 0.329 e. The maximum atomic E-state index is 11.7. The van der Waals surface area contributed by atoms with Gasteiger partial charge < -0.3 is 20.3 Å². The van der Waals surface area contributed by atoms with Crippen LogP contribution in [-0.4, -0.2) is 62.0 Å². The zero-order valence-electron chi connectivity index (χ0n) is 12.0. The number of esters is 1. The fraction of sp³-hybridized carbons (Fsp3) is 0.750. The molecule has 0 aromatic heterocycles. The number of hydrogen-bond acceptors (Lipinski definition) is 5. The van der Waals surface area contributed by atoms with E-state index in [1.807, 2.05) is 13.8 Å². The number of nitrogens with zero attached hydrogens (tertiary/aromatic N) is 1. The number of rotatable bonds is 8. The van der Waals surface area contributed by atoms with E-state index >= 15 is 0 Å². The minimum Gasteiger partial charge on any atom is -0.467 e. The second kappa shape index (κ2) is 9.32. The SMILES string of the molecule is CCN(CC)C(=O)CNCC(NC(C)=O)C(=O)OC. The summed E-state index contributed by atoms with van der Waals surface area (Å²) in [6, 6.07) is -0.785. The molecule has 2 amide bonds. The average Bonchev–Trinajstić information content (AvgIpc) is 2.37. The van der Waals surface area contributed by atoms with Crippen molar-refractivity contribution in [2.45, 2.75) is 26.8 Å². The number of hydrogen-bond donors (Lipinski definition) is 2. The van der Waals surface area contributed by atoms with Crippen molar-refractivity contribution in [1.29, 1.82) is 0 Å². The van der Waals surface area contributed by atoms with Crippen LogP contribution in [0.15, 0.2) is 0 Å². The summed E-state index contributed by atoms with van der Waals surface area (Å²) in [5.74, 6) is -0.915. The van der Waals surface area contributed by atoms with Gasteiger partial charge in [0.2, 0.25) is 11.8 Å². The number of carbonyl (C=O) groups excluding carboxylic acids is 3. The molecular weight excluding hydrogens is 250 g/mol. The van der Waals surface area contributed by atoms with E-state index in [0.717, 1.165) is 0 Å². The Balaban J connectivity index is 4.22. The Hall–Kier alpha value is -1.63. The predicted molar refractivity (Wildman–Crippen MR) is 70.4 cm³/mol. The van der Waals surface area contributed by atoms with E-state index < -0.39 is 12.0 Å². The number of ether oxygens (including phenoxy) is 1. The Morgan fingerprint density at radius 2 is 1.79 bits per heavy atom. The molecule has 110 valence electrons. The first-order chi connectivity index (χ1) is 8.96. The maximum Gasteiger partial charge on any atom is 0.329 e. The molecule has 7 nitrogen and oxygen atoms in total. The lowest BCUT2D eigenvalue weighted by Gasteiger charge is -2.20. The minimum absolute atomic E-state index is 0.0450. The summed E-state index contributed by atoms with van der Waals surface area (Å²) in [5.41, 5.74) is 0. The molecule has 7 heteroatoms. The highest BCUT2D eigenvalue weighted by molar-refractivity contribution is 5.83. The average molecular weight is 273 g/mol. The van der Waals surface area contributed by atoms with Gasteiger partial charge in [-0.1, -0.05) is 0 Å². The molecule has 0 saturated carbocycles. The normalized spacial score (nSPS) is 11.6. The van der Waals surface area contributed by atoms with Crippen LogP contribution in [0.1, 0.15) is 20.8 Å². The number of carbonyl (C=O) groups is 3. The predicted octanol–water partition coefficient (Wildman–Crippen LogP) is -0.878. The highest BCUT2D eigenvalue weighted by Crippen LogP contribution is 1.90. The van der Waals surface area contributed by atoms with Gasteiger partial charge in [-0.3, -0.25) is 9.59 Å². The Morgan fingerprint density at radius 3 is 2.21 bits per heavy atom. The fourth-order valence-electron chi connectivity index (χ4n) is 1.59. The van der Waals surface area contributed by atoms with Crippen LogP contribution in [0.25, 0.3) is 0 Å². The Labute approximate surface area is 113 Å². The van der Waals surface area contributed by atoms with Gasteiger partial charge in [-0.25, -0.2) is 4.79 Å². The van der Waals surface area contributed by atoms with E-state index in [2.05, 4.69) is 15.4 Å². The first kappa shape index (κ1) is 17.4. The molecule has 0 aromatic carbocycles. The minimum atomic E-state index is -0.785. The molecule has 19 heavy (non-hydrogen) atoms. The van der Waals surface area contributed by atoms with Crippen LogP contribution in [0.4, 0.5) is 0 Å². The van der Waals surface area contributed by atoms with Crippen molar-refractivity contribution in [2.75, 3.05) is 33.3 Å².